The number of halogens is 1. The van der Waals surface area contributed by atoms with Gasteiger partial charge in [-0.15, -0.1) is 10.2 Å². The van der Waals surface area contributed by atoms with Gasteiger partial charge in [0.15, 0.2) is 5.82 Å². The van der Waals surface area contributed by atoms with Crippen LogP contribution in [-0.2, 0) is 6.42 Å². The van der Waals surface area contributed by atoms with Crippen LogP contribution in [0.25, 0.3) is 16.7 Å². The normalized spacial score (nSPS) is 16.8. The fourth-order valence-electron chi connectivity index (χ4n) is 4.23. The zero-order valence-corrected chi connectivity index (χ0v) is 17.4. The van der Waals surface area contributed by atoms with Gasteiger partial charge in [0, 0.05) is 29.4 Å². The van der Waals surface area contributed by atoms with Crippen LogP contribution in [0.5, 0.6) is 0 Å². The van der Waals surface area contributed by atoms with Gasteiger partial charge in [0.2, 0.25) is 0 Å². The Morgan fingerprint density at radius 3 is 2.90 bits per heavy atom. The summed E-state index contributed by atoms with van der Waals surface area (Å²) < 4.78 is 16.8. The van der Waals surface area contributed by atoms with Gasteiger partial charge in [-0.05, 0) is 51.5 Å². The molecule has 0 bridgehead atoms. The van der Waals surface area contributed by atoms with E-state index in [1.54, 1.807) is 16.8 Å². The van der Waals surface area contributed by atoms with Crippen molar-refractivity contribution in [1.29, 1.82) is 0 Å². The molecule has 0 atom stereocenters. The molecule has 0 unspecified atom stereocenters. The molecule has 4 aromatic heterocycles. The van der Waals surface area contributed by atoms with Crippen LogP contribution < -0.4 is 4.90 Å². The van der Waals surface area contributed by atoms with Gasteiger partial charge in [-0.25, -0.2) is 9.37 Å². The van der Waals surface area contributed by atoms with Crippen LogP contribution >= 0.6 is 0 Å². The summed E-state index contributed by atoms with van der Waals surface area (Å²) in [4.78, 5) is 15.4. The van der Waals surface area contributed by atoms with Crippen LogP contribution in [-0.4, -0.2) is 36.1 Å². The first kappa shape index (κ1) is 18.2. The molecular formula is C23H20FN7. The minimum absolute atomic E-state index is 0.128. The van der Waals surface area contributed by atoms with Crippen molar-refractivity contribution >= 4 is 28.2 Å². The number of aromatic nitrogens is 6. The Kier molecular flexibility index (Phi) is 3.78. The van der Waals surface area contributed by atoms with Crippen LogP contribution in [0.15, 0.2) is 24.7 Å². The summed E-state index contributed by atoms with van der Waals surface area (Å²) in [6.45, 7) is 4.72. The molecular weight excluding hydrogens is 393 g/mol. The van der Waals surface area contributed by atoms with Crippen molar-refractivity contribution in [1.82, 2.24) is 29.5 Å². The molecule has 2 aliphatic rings. The van der Waals surface area contributed by atoms with Crippen LogP contribution in [0.4, 0.5) is 15.9 Å². The van der Waals surface area contributed by atoms with Crippen molar-refractivity contribution in [2.45, 2.75) is 39.5 Å². The molecule has 0 N–H and O–H groups in total. The number of nitrogens with zero attached hydrogens (tertiary/aromatic N) is 7. The lowest BCUT2D eigenvalue weighted by Gasteiger charge is -2.31. The summed E-state index contributed by atoms with van der Waals surface area (Å²) in [7, 11) is 0. The second-order valence-corrected chi connectivity index (χ2v) is 8.56. The zero-order chi connectivity index (χ0) is 21.2. The largest absolute Gasteiger partial charge is 0.325 e. The molecule has 154 valence electrons. The summed E-state index contributed by atoms with van der Waals surface area (Å²) in [5.74, 6) is 7.86. The zero-order valence-electron chi connectivity index (χ0n) is 17.4. The lowest BCUT2D eigenvalue weighted by molar-refractivity contribution is 0.632. The third kappa shape index (κ3) is 2.84. The highest BCUT2D eigenvalue weighted by atomic mass is 19.1. The Morgan fingerprint density at radius 2 is 2.06 bits per heavy atom. The lowest BCUT2D eigenvalue weighted by atomic mass is 9.99. The van der Waals surface area contributed by atoms with E-state index in [-0.39, 0.29) is 5.41 Å². The van der Waals surface area contributed by atoms with E-state index >= 15 is 4.39 Å². The number of pyridine rings is 2. The minimum Gasteiger partial charge on any atom is -0.325 e. The van der Waals surface area contributed by atoms with Gasteiger partial charge in [-0.2, -0.15) is 4.98 Å². The number of anilines is 2. The fourth-order valence-corrected chi connectivity index (χ4v) is 4.23. The first-order valence-corrected chi connectivity index (χ1v) is 10.5. The molecule has 8 heteroatoms. The molecule has 6 rings (SSSR count). The summed E-state index contributed by atoms with van der Waals surface area (Å²) in [5.41, 5.74) is 3.60. The van der Waals surface area contributed by atoms with Gasteiger partial charge in [0.1, 0.15) is 17.3 Å². The topological polar surface area (TPSA) is 72.1 Å². The van der Waals surface area contributed by atoms with Crippen molar-refractivity contribution in [3.63, 3.8) is 0 Å². The van der Waals surface area contributed by atoms with E-state index in [2.05, 4.69) is 43.8 Å². The predicted molar refractivity (Wildman–Crippen MR) is 115 cm³/mol. The van der Waals surface area contributed by atoms with E-state index in [4.69, 9.17) is 4.98 Å². The molecule has 5 heterocycles. The Morgan fingerprint density at radius 1 is 1.19 bits per heavy atom. The summed E-state index contributed by atoms with van der Waals surface area (Å²) >= 11 is 0. The number of aryl methyl sites for hydroxylation is 1. The molecule has 0 amide bonds. The smallest absolute Gasteiger partial charge is 0.257 e. The molecule has 0 aromatic carbocycles. The van der Waals surface area contributed by atoms with Gasteiger partial charge in [-0.3, -0.25) is 9.38 Å². The molecule has 7 nitrogen and oxygen atoms in total. The first-order valence-electron chi connectivity index (χ1n) is 10.5. The molecule has 0 spiro atoms. The molecule has 1 fully saturated rings. The third-order valence-electron chi connectivity index (χ3n) is 6.23. The van der Waals surface area contributed by atoms with Gasteiger partial charge in [0.25, 0.3) is 5.78 Å². The minimum atomic E-state index is -0.419. The molecule has 0 saturated heterocycles. The predicted octanol–water partition coefficient (Wildman–Crippen LogP) is 3.75. The molecule has 1 saturated carbocycles. The first-order chi connectivity index (χ1) is 15.0. The fraction of sp³-hybridized carbons (Fsp3) is 0.348. The van der Waals surface area contributed by atoms with Gasteiger partial charge in [0.05, 0.1) is 23.3 Å². The Balaban J connectivity index is 1.57. The second kappa shape index (κ2) is 6.45. The SMILES string of the molecule is Cc1nnc2nc(N3CCCc4c3ccnc4C#CC3(C)CC3)c3c(F)cncc3n12. The number of hydrogen-bond donors (Lipinski definition) is 0. The van der Waals surface area contributed by atoms with E-state index in [1.165, 1.54) is 6.20 Å². The monoisotopic (exact) mass is 413 g/mol. The van der Waals surface area contributed by atoms with Crippen LogP contribution in [0.3, 0.4) is 0 Å². The summed E-state index contributed by atoms with van der Waals surface area (Å²) in [6.07, 6.45) is 8.70. The second-order valence-electron chi connectivity index (χ2n) is 8.56. The lowest BCUT2D eigenvalue weighted by Crippen LogP contribution is -2.27. The highest BCUT2D eigenvalue weighted by Gasteiger charge is 2.35. The van der Waals surface area contributed by atoms with Gasteiger partial charge >= 0.3 is 0 Å². The number of fused-ring (bicyclic) bond motifs is 4. The Bertz CT molecular complexity index is 1420. The van der Waals surface area contributed by atoms with Crippen molar-refractivity contribution in [3.8, 4) is 11.8 Å². The van der Waals surface area contributed by atoms with Gasteiger partial charge < -0.3 is 4.90 Å². The maximum Gasteiger partial charge on any atom is 0.257 e. The van der Waals surface area contributed by atoms with Crippen molar-refractivity contribution in [3.05, 3.63) is 47.6 Å². The Labute approximate surface area is 178 Å². The van der Waals surface area contributed by atoms with Crippen LogP contribution in [0.2, 0.25) is 0 Å². The van der Waals surface area contributed by atoms with Crippen molar-refractivity contribution in [2.24, 2.45) is 5.41 Å². The van der Waals surface area contributed by atoms with Gasteiger partial charge in [-0.1, -0.05) is 5.92 Å². The summed E-state index contributed by atoms with van der Waals surface area (Å²) in [5, 5.41) is 8.72. The maximum atomic E-state index is 15.1. The highest BCUT2D eigenvalue weighted by molar-refractivity contribution is 5.94. The van der Waals surface area contributed by atoms with Crippen molar-refractivity contribution in [2.75, 3.05) is 11.4 Å². The van der Waals surface area contributed by atoms with Crippen molar-refractivity contribution < 1.29 is 4.39 Å². The third-order valence-corrected chi connectivity index (χ3v) is 6.23. The van der Waals surface area contributed by atoms with E-state index in [1.807, 2.05) is 13.0 Å². The molecule has 31 heavy (non-hydrogen) atoms. The van der Waals surface area contributed by atoms with E-state index in [9.17, 15) is 0 Å². The Hall–Kier alpha value is -3.60. The average Bonchev–Trinajstić information content (AvgIpc) is 3.40. The van der Waals surface area contributed by atoms with Crippen LogP contribution in [0, 0.1) is 30.0 Å². The average molecular weight is 413 g/mol. The maximum absolute atomic E-state index is 15.1. The standard InChI is InChI=1S/C23H20FN7/c1-14-28-29-22-27-21(20-16(24)12-25-13-19(20)31(14)22)30-11-3-4-15-17(26-10-6-18(15)30)5-7-23(2)8-9-23/h6,10,12-13H,3-4,8-9,11H2,1-2H3. The molecule has 4 aromatic rings. The van der Waals surface area contributed by atoms with E-state index in [0.29, 0.717) is 28.3 Å². The molecule has 0 radical (unpaired) electrons. The number of rotatable bonds is 1. The molecule has 1 aliphatic carbocycles. The quantitative estimate of drug-likeness (QED) is 0.443. The molecule has 1 aliphatic heterocycles. The highest BCUT2D eigenvalue weighted by Crippen LogP contribution is 2.44. The summed E-state index contributed by atoms with van der Waals surface area (Å²) in [6, 6.07) is 1.96. The number of hydrogen-bond acceptors (Lipinski definition) is 6. The van der Waals surface area contributed by atoms with E-state index in [0.717, 1.165) is 49.2 Å². The van der Waals surface area contributed by atoms with E-state index < -0.39 is 5.82 Å². The van der Waals surface area contributed by atoms with Crippen LogP contribution in [0.1, 0.15) is 43.3 Å².